The Morgan fingerprint density at radius 3 is 2.59 bits per heavy atom. The van der Waals surface area contributed by atoms with Crippen molar-refractivity contribution >= 4 is 9.84 Å². The molecule has 0 aliphatic heterocycles. The lowest BCUT2D eigenvalue weighted by Crippen LogP contribution is -2.09. The first kappa shape index (κ1) is 13.8. The Labute approximate surface area is 103 Å². The van der Waals surface area contributed by atoms with Crippen molar-refractivity contribution in [2.45, 2.75) is 26.5 Å². The maximum Gasteiger partial charge on any atom is 0.159 e. The number of nitrogens with zero attached hydrogens (tertiary/aromatic N) is 2. The maximum atomic E-state index is 11.8. The van der Waals surface area contributed by atoms with Crippen molar-refractivity contribution in [1.29, 1.82) is 0 Å². The predicted molar refractivity (Wildman–Crippen MR) is 68.1 cm³/mol. The first-order valence-corrected chi connectivity index (χ1v) is 7.24. The van der Waals surface area contributed by atoms with Gasteiger partial charge in [-0.3, -0.25) is 0 Å². The fraction of sp³-hybridized carbons (Fsp3) is 0.500. The molecule has 1 aromatic heterocycles. The van der Waals surface area contributed by atoms with Crippen LogP contribution in [0.3, 0.4) is 0 Å². The van der Waals surface area contributed by atoms with Crippen molar-refractivity contribution in [3.8, 4) is 0 Å². The van der Waals surface area contributed by atoms with Gasteiger partial charge in [0.2, 0.25) is 0 Å². The molecule has 1 heterocycles. The van der Waals surface area contributed by atoms with Crippen LogP contribution in [0.15, 0.2) is 30.7 Å². The van der Waals surface area contributed by atoms with E-state index in [1.54, 1.807) is 18.3 Å². The lowest BCUT2D eigenvalue weighted by molar-refractivity contribution is 0.543. The lowest BCUT2D eigenvalue weighted by Gasteiger charge is -2.10. The van der Waals surface area contributed by atoms with E-state index < -0.39 is 9.84 Å². The monoisotopic (exact) mass is 254 g/mol. The van der Waals surface area contributed by atoms with Crippen LogP contribution in [0, 0.1) is 5.41 Å². The summed E-state index contributed by atoms with van der Waals surface area (Å²) in [5.41, 5.74) is 0.536. The zero-order chi connectivity index (χ0) is 12.9. The van der Waals surface area contributed by atoms with Crippen molar-refractivity contribution < 1.29 is 8.42 Å². The van der Waals surface area contributed by atoms with Crippen LogP contribution in [0.25, 0.3) is 0 Å². The quantitative estimate of drug-likeness (QED) is 0.771. The van der Waals surface area contributed by atoms with Crippen LogP contribution in [0.2, 0.25) is 0 Å². The van der Waals surface area contributed by atoms with Gasteiger partial charge in [0.05, 0.1) is 17.2 Å². The molecule has 4 nitrogen and oxygen atoms in total. The molecule has 0 amide bonds. The molecule has 5 heteroatoms. The van der Waals surface area contributed by atoms with Gasteiger partial charge in [0.1, 0.15) is 6.33 Å². The van der Waals surface area contributed by atoms with Gasteiger partial charge in [0, 0.05) is 6.20 Å². The van der Waals surface area contributed by atoms with Crippen molar-refractivity contribution in [2.75, 3.05) is 5.75 Å². The summed E-state index contributed by atoms with van der Waals surface area (Å²) >= 11 is 0. The molecule has 0 aliphatic rings. The van der Waals surface area contributed by atoms with Gasteiger partial charge >= 0.3 is 0 Å². The Morgan fingerprint density at radius 2 is 2.06 bits per heavy atom. The largest absolute Gasteiger partial charge is 0.245 e. The summed E-state index contributed by atoms with van der Waals surface area (Å²) in [4.78, 5) is 7.66. The van der Waals surface area contributed by atoms with E-state index in [0.29, 0.717) is 5.69 Å². The van der Waals surface area contributed by atoms with E-state index in [1.165, 1.54) is 6.33 Å². The molecule has 0 atom stereocenters. The first-order chi connectivity index (χ1) is 7.79. The van der Waals surface area contributed by atoms with Crippen LogP contribution < -0.4 is 0 Å². The number of rotatable bonds is 4. The molecule has 17 heavy (non-hydrogen) atoms. The Kier molecular flexibility index (Phi) is 4.40. The molecule has 1 aromatic rings. The standard InChI is InChI=1S/C12H18N2O2S/c1-12(2,3)6-4-8-17(15,16)9-11-5-7-13-10-14-11/h4-7,10H,8-9H2,1-3H3. The minimum atomic E-state index is -3.13. The second-order valence-electron chi connectivity index (χ2n) is 5.02. The summed E-state index contributed by atoms with van der Waals surface area (Å²) in [7, 11) is -3.13. The number of allylic oxidation sites excluding steroid dienone is 1. The molecule has 0 fully saturated rings. The van der Waals surface area contributed by atoms with Gasteiger partial charge in [0.25, 0.3) is 0 Å². The van der Waals surface area contributed by atoms with E-state index >= 15 is 0 Å². The van der Waals surface area contributed by atoms with E-state index in [1.807, 2.05) is 26.8 Å². The van der Waals surface area contributed by atoms with Gasteiger partial charge in [-0.1, -0.05) is 32.9 Å². The molecule has 0 aliphatic carbocycles. The third kappa shape index (κ3) is 6.16. The molecule has 0 radical (unpaired) electrons. The first-order valence-electron chi connectivity index (χ1n) is 5.41. The van der Waals surface area contributed by atoms with Crippen LogP contribution in [0.5, 0.6) is 0 Å². The van der Waals surface area contributed by atoms with Crippen LogP contribution in [0.1, 0.15) is 26.5 Å². The molecule has 0 bridgehead atoms. The maximum absolute atomic E-state index is 11.8. The Hall–Kier alpha value is -1.23. The smallest absolute Gasteiger partial charge is 0.159 e. The van der Waals surface area contributed by atoms with E-state index in [2.05, 4.69) is 9.97 Å². The molecule has 0 spiro atoms. The van der Waals surface area contributed by atoms with Crippen LogP contribution in [-0.4, -0.2) is 24.1 Å². The SMILES string of the molecule is CC(C)(C)C=CCS(=O)(=O)Cc1ccncn1. The fourth-order valence-electron chi connectivity index (χ4n) is 1.24. The van der Waals surface area contributed by atoms with Crippen molar-refractivity contribution in [3.63, 3.8) is 0 Å². The fourth-order valence-corrected chi connectivity index (χ4v) is 2.36. The van der Waals surface area contributed by atoms with E-state index in [9.17, 15) is 8.42 Å². The molecular weight excluding hydrogens is 236 g/mol. The van der Waals surface area contributed by atoms with Crippen molar-refractivity contribution in [2.24, 2.45) is 5.41 Å². The average Bonchev–Trinajstić information content (AvgIpc) is 2.15. The minimum Gasteiger partial charge on any atom is -0.245 e. The molecular formula is C12H18N2O2S. The van der Waals surface area contributed by atoms with Crippen LogP contribution in [-0.2, 0) is 15.6 Å². The van der Waals surface area contributed by atoms with Crippen molar-refractivity contribution in [1.82, 2.24) is 9.97 Å². The van der Waals surface area contributed by atoms with Gasteiger partial charge in [0.15, 0.2) is 9.84 Å². The summed E-state index contributed by atoms with van der Waals surface area (Å²) in [6, 6.07) is 1.62. The lowest BCUT2D eigenvalue weighted by atomic mass is 9.97. The summed E-state index contributed by atoms with van der Waals surface area (Å²) in [6.07, 6.45) is 6.51. The normalized spacial score (nSPS) is 13.1. The van der Waals surface area contributed by atoms with Gasteiger partial charge in [-0.15, -0.1) is 0 Å². The zero-order valence-electron chi connectivity index (χ0n) is 10.4. The number of aromatic nitrogens is 2. The van der Waals surface area contributed by atoms with E-state index in [4.69, 9.17) is 0 Å². The molecule has 0 unspecified atom stereocenters. The van der Waals surface area contributed by atoms with Gasteiger partial charge in [-0.25, -0.2) is 18.4 Å². The van der Waals surface area contributed by atoms with E-state index in [0.717, 1.165) is 0 Å². The predicted octanol–water partition coefficient (Wildman–Crippen LogP) is 1.99. The highest BCUT2D eigenvalue weighted by atomic mass is 32.2. The molecule has 1 rings (SSSR count). The van der Waals surface area contributed by atoms with E-state index in [-0.39, 0.29) is 16.9 Å². The zero-order valence-corrected chi connectivity index (χ0v) is 11.2. The topological polar surface area (TPSA) is 59.9 Å². The average molecular weight is 254 g/mol. The second-order valence-corrected chi connectivity index (χ2v) is 7.13. The summed E-state index contributed by atoms with van der Waals surface area (Å²) in [5, 5.41) is 0. The summed E-state index contributed by atoms with van der Waals surface area (Å²) in [6.45, 7) is 6.08. The molecule has 0 saturated heterocycles. The third-order valence-corrected chi connectivity index (χ3v) is 3.41. The molecule has 94 valence electrons. The highest BCUT2D eigenvalue weighted by Crippen LogP contribution is 2.14. The summed E-state index contributed by atoms with van der Waals surface area (Å²) in [5.74, 6) is 0.0122. The van der Waals surface area contributed by atoms with Crippen LogP contribution in [0.4, 0.5) is 0 Å². The highest BCUT2D eigenvalue weighted by Gasteiger charge is 2.11. The van der Waals surface area contributed by atoms with Gasteiger partial charge < -0.3 is 0 Å². The number of hydrogen-bond donors (Lipinski definition) is 0. The number of hydrogen-bond acceptors (Lipinski definition) is 4. The molecule has 0 aromatic carbocycles. The van der Waals surface area contributed by atoms with Gasteiger partial charge in [-0.2, -0.15) is 0 Å². The number of sulfone groups is 1. The van der Waals surface area contributed by atoms with Gasteiger partial charge in [-0.05, 0) is 11.5 Å². The second kappa shape index (κ2) is 5.40. The minimum absolute atomic E-state index is 0.00440. The third-order valence-electron chi connectivity index (χ3n) is 1.98. The van der Waals surface area contributed by atoms with Crippen LogP contribution >= 0.6 is 0 Å². The molecule has 0 saturated carbocycles. The Balaban J connectivity index is 2.62. The molecule has 0 N–H and O–H groups in total. The summed E-state index contributed by atoms with van der Waals surface area (Å²) < 4.78 is 23.5. The Morgan fingerprint density at radius 1 is 1.35 bits per heavy atom. The highest BCUT2D eigenvalue weighted by molar-refractivity contribution is 7.90. The van der Waals surface area contributed by atoms with Crippen molar-refractivity contribution in [3.05, 3.63) is 36.4 Å². The Bertz CT molecular complexity index is 473.